The number of hydrogen-bond donors (Lipinski definition) is 0. The molecule has 0 aliphatic heterocycles. The average molecular weight is 325 g/mol. The summed E-state index contributed by atoms with van der Waals surface area (Å²) in [5, 5.41) is 8.88. The van der Waals surface area contributed by atoms with E-state index in [2.05, 4.69) is 9.97 Å². The van der Waals surface area contributed by atoms with E-state index in [0.717, 1.165) is 0 Å². The van der Waals surface area contributed by atoms with Crippen LogP contribution in [0.3, 0.4) is 0 Å². The van der Waals surface area contributed by atoms with Gasteiger partial charge >= 0.3 is 12.1 Å². The number of nitriles is 1. The Balaban J connectivity index is 2.37. The minimum atomic E-state index is -5.64. The molecule has 0 atom stereocenters. The van der Waals surface area contributed by atoms with Gasteiger partial charge in [-0.15, -0.1) is 0 Å². The van der Waals surface area contributed by atoms with Crippen molar-refractivity contribution in [2.45, 2.75) is 24.9 Å². The molecule has 0 amide bonds. The third-order valence-corrected chi connectivity index (χ3v) is 3.00. The van der Waals surface area contributed by atoms with E-state index in [1.54, 1.807) is 6.07 Å². The highest BCUT2D eigenvalue weighted by atomic mass is 35.5. The van der Waals surface area contributed by atoms with E-state index in [9.17, 15) is 22.0 Å². The lowest BCUT2D eigenvalue weighted by Gasteiger charge is -2.19. The van der Waals surface area contributed by atoms with Gasteiger partial charge in [0, 0.05) is 12.6 Å². The maximum Gasteiger partial charge on any atom is 0.453 e. The first kappa shape index (κ1) is 15.4. The Morgan fingerprint density at radius 1 is 1.29 bits per heavy atom. The Labute approximate surface area is 119 Å². The summed E-state index contributed by atoms with van der Waals surface area (Å²) in [4.78, 5) is 7.50. The van der Waals surface area contributed by atoms with Crippen molar-refractivity contribution >= 4 is 17.2 Å². The zero-order valence-corrected chi connectivity index (χ0v) is 10.9. The van der Waals surface area contributed by atoms with E-state index in [-0.39, 0.29) is 22.2 Å². The minimum absolute atomic E-state index is 0.0389. The van der Waals surface area contributed by atoms with Crippen LogP contribution in [-0.2, 0) is 6.42 Å². The molecule has 0 saturated heterocycles. The number of fused-ring (bicyclic) bond motifs is 1. The number of imidazole rings is 1. The van der Waals surface area contributed by atoms with E-state index in [1.165, 1.54) is 16.8 Å². The molecular formula is C11H6ClF5N4. The highest BCUT2D eigenvalue weighted by Gasteiger charge is 2.56. The van der Waals surface area contributed by atoms with Gasteiger partial charge in [-0.05, 0) is 6.42 Å². The fraction of sp³-hybridized carbons (Fsp3) is 0.364. The van der Waals surface area contributed by atoms with Crippen LogP contribution in [0.25, 0.3) is 5.65 Å². The monoisotopic (exact) mass is 324 g/mol. The van der Waals surface area contributed by atoms with Gasteiger partial charge in [0.15, 0.2) is 11.3 Å². The summed E-state index contributed by atoms with van der Waals surface area (Å²) in [5.41, 5.74) is -0.269. The molecule has 0 saturated carbocycles. The van der Waals surface area contributed by atoms with Gasteiger partial charge in [0.25, 0.3) is 0 Å². The van der Waals surface area contributed by atoms with Crippen molar-refractivity contribution in [1.29, 1.82) is 5.26 Å². The lowest BCUT2D eigenvalue weighted by atomic mass is 10.1. The fourth-order valence-electron chi connectivity index (χ4n) is 1.66. The molecule has 2 aromatic heterocycles. The zero-order chi connectivity index (χ0) is 15.8. The third kappa shape index (κ3) is 2.90. The predicted octanol–water partition coefficient (Wildman–Crippen LogP) is 3.38. The minimum Gasteiger partial charge on any atom is -0.286 e. The first-order chi connectivity index (χ1) is 9.65. The molecule has 112 valence electrons. The Kier molecular flexibility index (Phi) is 3.76. The number of aryl methyl sites for hydroxylation is 1. The first-order valence-electron chi connectivity index (χ1n) is 5.53. The molecule has 0 aliphatic rings. The lowest BCUT2D eigenvalue weighted by Crippen LogP contribution is -2.36. The van der Waals surface area contributed by atoms with Crippen LogP contribution in [0.2, 0.25) is 5.15 Å². The van der Waals surface area contributed by atoms with Crippen LogP contribution in [0.4, 0.5) is 22.0 Å². The summed E-state index contributed by atoms with van der Waals surface area (Å²) < 4.78 is 63.5. The summed E-state index contributed by atoms with van der Waals surface area (Å²) in [7, 11) is 0. The van der Waals surface area contributed by atoms with Gasteiger partial charge < -0.3 is 0 Å². The molecule has 0 unspecified atom stereocenters. The topological polar surface area (TPSA) is 54.0 Å². The maximum absolute atomic E-state index is 12.9. The standard InChI is InChI=1S/C11H6ClF5N4/c12-8-4-19-9-7(20-6(3-18)5-21(8)9)1-2-10(13,14)11(15,16)17/h4-5H,1-2H2. The summed E-state index contributed by atoms with van der Waals surface area (Å²) in [6, 6.07) is 1.68. The molecule has 2 rings (SSSR count). The molecule has 2 heterocycles. The van der Waals surface area contributed by atoms with Gasteiger partial charge in [0.1, 0.15) is 11.2 Å². The van der Waals surface area contributed by atoms with Crippen LogP contribution in [-0.4, -0.2) is 26.5 Å². The number of hydrogen-bond acceptors (Lipinski definition) is 3. The maximum atomic E-state index is 12.9. The van der Waals surface area contributed by atoms with Crippen molar-refractivity contribution in [3.8, 4) is 6.07 Å². The Hall–Kier alpha value is -1.95. The van der Waals surface area contributed by atoms with E-state index in [4.69, 9.17) is 16.9 Å². The van der Waals surface area contributed by atoms with Gasteiger partial charge in [0.2, 0.25) is 0 Å². The van der Waals surface area contributed by atoms with Crippen LogP contribution >= 0.6 is 11.6 Å². The summed E-state index contributed by atoms with van der Waals surface area (Å²) in [6.07, 6.45) is -5.41. The molecular weight excluding hydrogens is 319 g/mol. The highest BCUT2D eigenvalue weighted by molar-refractivity contribution is 6.29. The fourth-order valence-corrected chi connectivity index (χ4v) is 1.84. The van der Waals surface area contributed by atoms with Crippen molar-refractivity contribution in [3.63, 3.8) is 0 Å². The van der Waals surface area contributed by atoms with Gasteiger partial charge in [0.05, 0.1) is 11.9 Å². The second-order valence-corrected chi connectivity index (χ2v) is 4.55. The van der Waals surface area contributed by atoms with E-state index < -0.39 is 24.9 Å². The quantitative estimate of drug-likeness (QED) is 0.813. The zero-order valence-electron chi connectivity index (χ0n) is 10.1. The van der Waals surface area contributed by atoms with Crippen molar-refractivity contribution in [2.24, 2.45) is 0 Å². The SMILES string of the molecule is N#Cc1cn2c(Cl)cnc2c(CCC(F)(F)C(F)(F)F)n1. The smallest absolute Gasteiger partial charge is 0.286 e. The van der Waals surface area contributed by atoms with Crippen LogP contribution in [0.5, 0.6) is 0 Å². The molecule has 0 radical (unpaired) electrons. The van der Waals surface area contributed by atoms with Crippen LogP contribution in [0.15, 0.2) is 12.4 Å². The van der Waals surface area contributed by atoms with Crippen molar-refractivity contribution < 1.29 is 22.0 Å². The number of aromatic nitrogens is 3. The third-order valence-electron chi connectivity index (χ3n) is 2.72. The lowest BCUT2D eigenvalue weighted by molar-refractivity contribution is -0.284. The van der Waals surface area contributed by atoms with E-state index in [1.807, 2.05) is 0 Å². The van der Waals surface area contributed by atoms with Gasteiger partial charge in [-0.1, -0.05) is 11.6 Å². The first-order valence-corrected chi connectivity index (χ1v) is 5.90. The number of rotatable bonds is 3. The Bertz CT molecular complexity index is 716. The van der Waals surface area contributed by atoms with Crippen LogP contribution in [0.1, 0.15) is 17.8 Å². The molecule has 21 heavy (non-hydrogen) atoms. The molecule has 0 N–H and O–H groups in total. The molecule has 0 aliphatic carbocycles. The highest BCUT2D eigenvalue weighted by Crippen LogP contribution is 2.38. The van der Waals surface area contributed by atoms with Crippen molar-refractivity contribution in [3.05, 3.63) is 28.9 Å². The van der Waals surface area contributed by atoms with Gasteiger partial charge in [-0.2, -0.15) is 27.2 Å². The summed E-state index contributed by atoms with van der Waals surface area (Å²) in [5.74, 6) is -4.84. The predicted molar refractivity (Wildman–Crippen MR) is 62.0 cm³/mol. The average Bonchev–Trinajstić information content (AvgIpc) is 2.76. The Morgan fingerprint density at radius 3 is 2.52 bits per heavy atom. The number of alkyl halides is 5. The van der Waals surface area contributed by atoms with Crippen molar-refractivity contribution in [2.75, 3.05) is 0 Å². The molecule has 0 bridgehead atoms. The molecule has 0 aromatic carbocycles. The summed E-state index contributed by atoms with van der Waals surface area (Å²) in [6.45, 7) is 0. The largest absolute Gasteiger partial charge is 0.453 e. The molecule has 0 fully saturated rings. The number of nitrogens with zero attached hydrogens (tertiary/aromatic N) is 4. The van der Waals surface area contributed by atoms with Crippen LogP contribution < -0.4 is 0 Å². The van der Waals surface area contributed by atoms with Crippen molar-refractivity contribution in [1.82, 2.24) is 14.4 Å². The second-order valence-electron chi connectivity index (χ2n) is 4.16. The van der Waals surface area contributed by atoms with E-state index >= 15 is 0 Å². The molecule has 4 nitrogen and oxygen atoms in total. The van der Waals surface area contributed by atoms with Gasteiger partial charge in [-0.25, -0.2) is 9.97 Å². The molecule has 2 aromatic rings. The molecule has 0 spiro atoms. The van der Waals surface area contributed by atoms with Crippen LogP contribution in [0, 0.1) is 11.3 Å². The molecule has 10 heteroatoms. The van der Waals surface area contributed by atoms with Gasteiger partial charge in [-0.3, -0.25) is 4.40 Å². The number of halogens is 6. The second kappa shape index (κ2) is 5.11. The summed E-state index contributed by atoms with van der Waals surface area (Å²) >= 11 is 5.77. The normalized spacial score (nSPS) is 12.6. The Morgan fingerprint density at radius 2 is 1.95 bits per heavy atom. The van der Waals surface area contributed by atoms with E-state index in [0.29, 0.717) is 0 Å².